The summed E-state index contributed by atoms with van der Waals surface area (Å²) in [5.74, 6) is 2.56. The van der Waals surface area contributed by atoms with Gasteiger partial charge in [0, 0.05) is 17.7 Å². The molecule has 4 rings (SSSR count). The zero-order valence-corrected chi connectivity index (χ0v) is 11.8. The third-order valence-electron chi connectivity index (χ3n) is 3.86. The summed E-state index contributed by atoms with van der Waals surface area (Å²) in [6.45, 7) is 0.976. The summed E-state index contributed by atoms with van der Waals surface area (Å²) in [6.07, 6.45) is 2.63. The Kier molecular flexibility index (Phi) is 3.03. The second-order valence-electron chi connectivity index (χ2n) is 5.62. The lowest BCUT2D eigenvalue weighted by atomic mass is 10.2. The monoisotopic (exact) mass is 275 g/mol. The van der Waals surface area contributed by atoms with E-state index in [4.69, 9.17) is 10.1 Å². The Hall–Kier alpha value is -2.42. The highest BCUT2D eigenvalue weighted by Crippen LogP contribution is 2.32. The minimum atomic E-state index is 0.776. The summed E-state index contributed by atoms with van der Waals surface area (Å²) in [4.78, 5) is 4.78. The van der Waals surface area contributed by atoms with Crippen LogP contribution in [-0.4, -0.2) is 14.8 Å². The first kappa shape index (κ1) is 12.3. The number of aromatic nitrogens is 3. The van der Waals surface area contributed by atoms with Crippen LogP contribution >= 0.6 is 0 Å². The van der Waals surface area contributed by atoms with Crippen molar-refractivity contribution in [3.8, 4) is 22.8 Å². The average Bonchev–Trinajstić information content (AvgIpc) is 3.26. The standard InChI is InChI=1S/C18H17N3/c1-3-7-15(8-4-1)17-19-18(16-9-5-2-6-10-16)21(20-17)13-14-11-12-14/h1-10,14H,11-13H2. The van der Waals surface area contributed by atoms with Crippen LogP contribution in [0.2, 0.25) is 0 Å². The SMILES string of the molecule is c1ccc(-c2nc(-c3ccccc3)n(CC3CC3)n2)cc1. The molecule has 0 unspecified atom stereocenters. The van der Waals surface area contributed by atoms with Crippen molar-refractivity contribution in [1.82, 2.24) is 14.8 Å². The van der Waals surface area contributed by atoms with Crippen LogP contribution in [0, 0.1) is 5.92 Å². The van der Waals surface area contributed by atoms with Gasteiger partial charge in [-0.15, -0.1) is 0 Å². The number of nitrogens with zero attached hydrogens (tertiary/aromatic N) is 3. The highest BCUT2D eigenvalue weighted by molar-refractivity contribution is 5.61. The molecule has 104 valence electrons. The largest absolute Gasteiger partial charge is 0.245 e. The molecule has 0 aliphatic heterocycles. The second-order valence-corrected chi connectivity index (χ2v) is 5.62. The predicted molar refractivity (Wildman–Crippen MR) is 83.6 cm³/mol. The van der Waals surface area contributed by atoms with Gasteiger partial charge in [-0.1, -0.05) is 60.7 Å². The Bertz CT molecular complexity index is 728. The zero-order valence-electron chi connectivity index (χ0n) is 11.8. The molecule has 0 bridgehead atoms. The lowest BCUT2D eigenvalue weighted by molar-refractivity contribution is 0.569. The van der Waals surface area contributed by atoms with Crippen molar-refractivity contribution in [2.24, 2.45) is 5.92 Å². The molecule has 0 radical (unpaired) electrons. The fourth-order valence-electron chi connectivity index (χ4n) is 2.52. The number of hydrogen-bond acceptors (Lipinski definition) is 2. The van der Waals surface area contributed by atoms with Gasteiger partial charge in [0.15, 0.2) is 11.6 Å². The van der Waals surface area contributed by atoms with Crippen molar-refractivity contribution >= 4 is 0 Å². The van der Waals surface area contributed by atoms with Crippen molar-refractivity contribution in [3.05, 3.63) is 60.7 Å². The van der Waals surface area contributed by atoms with Crippen LogP contribution in [0.4, 0.5) is 0 Å². The van der Waals surface area contributed by atoms with Crippen molar-refractivity contribution in [2.75, 3.05) is 0 Å². The first-order valence-corrected chi connectivity index (χ1v) is 7.46. The molecule has 3 heteroatoms. The summed E-state index contributed by atoms with van der Waals surface area (Å²) in [7, 11) is 0. The van der Waals surface area contributed by atoms with Gasteiger partial charge in [-0.05, 0) is 18.8 Å². The van der Waals surface area contributed by atoms with Crippen molar-refractivity contribution in [1.29, 1.82) is 0 Å². The van der Waals surface area contributed by atoms with Crippen LogP contribution in [0.25, 0.3) is 22.8 Å². The van der Waals surface area contributed by atoms with E-state index in [9.17, 15) is 0 Å². The van der Waals surface area contributed by atoms with E-state index in [0.29, 0.717) is 0 Å². The van der Waals surface area contributed by atoms with Crippen molar-refractivity contribution in [3.63, 3.8) is 0 Å². The number of hydrogen-bond donors (Lipinski definition) is 0. The van der Waals surface area contributed by atoms with Gasteiger partial charge in [-0.3, -0.25) is 0 Å². The Balaban J connectivity index is 1.78. The van der Waals surface area contributed by atoms with E-state index in [2.05, 4.69) is 28.9 Å². The Labute approximate surface area is 124 Å². The van der Waals surface area contributed by atoms with E-state index in [1.165, 1.54) is 12.8 Å². The normalized spacial score (nSPS) is 14.3. The van der Waals surface area contributed by atoms with Crippen molar-refractivity contribution < 1.29 is 0 Å². The maximum atomic E-state index is 4.78. The third-order valence-corrected chi connectivity index (χ3v) is 3.86. The Morgan fingerprint density at radius 1 is 0.857 bits per heavy atom. The molecule has 0 N–H and O–H groups in total. The molecule has 0 amide bonds. The molecule has 1 fully saturated rings. The van der Waals surface area contributed by atoms with Crippen molar-refractivity contribution in [2.45, 2.75) is 19.4 Å². The van der Waals surface area contributed by atoms with E-state index in [0.717, 1.165) is 35.2 Å². The van der Waals surface area contributed by atoms with Gasteiger partial charge in [-0.2, -0.15) is 5.10 Å². The molecule has 1 aromatic heterocycles. The summed E-state index contributed by atoms with van der Waals surface area (Å²) < 4.78 is 2.08. The molecule has 2 aromatic carbocycles. The average molecular weight is 275 g/mol. The maximum absolute atomic E-state index is 4.78. The molecular formula is C18H17N3. The molecule has 21 heavy (non-hydrogen) atoms. The van der Waals surface area contributed by atoms with Crippen LogP contribution in [0.1, 0.15) is 12.8 Å². The predicted octanol–water partition coefficient (Wildman–Crippen LogP) is 4.02. The molecular weight excluding hydrogens is 258 g/mol. The topological polar surface area (TPSA) is 30.7 Å². The number of rotatable bonds is 4. The Morgan fingerprint density at radius 3 is 2.10 bits per heavy atom. The lowest BCUT2D eigenvalue weighted by Crippen LogP contribution is -2.04. The summed E-state index contributed by atoms with van der Waals surface area (Å²) in [5.41, 5.74) is 2.21. The van der Waals surface area contributed by atoms with Crippen LogP contribution < -0.4 is 0 Å². The molecule has 3 aromatic rings. The van der Waals surface area contributed by atoms with E-state index in [1.54, 1.807) is 0 Å². The van der Waals surface area contributed by atoms with Crippen LogP contribution in [0.3, 0.4) is 0 Å². The highest BCUT2D eigenvalue weighted by Gasteiger charge is 2.24. The molecule has 0 saturated heterocycles. The van der Waals surface area contributed by atoms with Gasteiger partial charge < -0.3 is 0 Å². The lowest BCUT2D eigenvalue weighted by Gasteiger charge is -2.04. The molecule has 1 aliphatic rings. The minimum Gasteiger partial charge on any atom is -0.245 e. The molecule has 1 aliphatic carbocycles. The van der Waals surface area contributed by atoms with Gasteiger partial charge in [0.05, 0.1) is 0 Å². The summed E-state index contributed by atoms with van der Waals surface area (Å²) in [5, 5.41) is 4.74. The third kappa shape index (κ3) is 2.59. The van der Waals surface area contributed by atoms with Crippen LogP contribution in [0.5, 0.6) is 0 Å². The molecule has 1 saturated carbocycles. The van der Waals surface area contributed by atoms with Crippen LogP contribution in [-0.2, 0) is 6.54 Å². The summed E-state index contributed by atoms with van der Waals surface area (Å²) in [6, 6.07) is 20.5. The molecule has 3 nitrogen and oxygen atoms in total. The van der Waals surface area contributed by atoms with Gasteiger partial charge in [-0.25, -0.2) is 9.67 Å². The molecule has 0 atom stereocenters. The first-order valence-electron chi connectivity index (χ1n) is 7.46. The maximum Gasteiger partial charge on any atom is 0.181 e. The van der Waals surface area contributed by atoms with E-state index in [1.807, 2.05) is 36.4 Å². The molecule has 1 heterocycles. The van der Waals surface area contributed by atoms with Gasteiger partial charge in [0.25, 0.3) is 0 Å². The smallest absolute Gasteiger partial charge is 0.181 e. The van der Waals surface area contributed by atoms with E-state index in [-0.39, 0.29) is 0 Å². The fourth-order valence-corrected chi connectivity index (χ4v) is 2.52. The highest BCUT2D eigenvalue weighted by atomic mass is 15.3. The Morgan fingerprint density at radius 2 is 1.48 bits per heavy atom. The zero-order chi connectivity index (χ0) is 14.1. The second kappa shape index (κ2) is 5.17. The van der Waals surface area contributed by atoms with E-state index >= 15 is 0 Å². The van der Waals surface area contributed by atoms with E-state index < -0.39 is 0 Å². The van der Waals surface area contributed by atoms with Gasteiger partial charge >= 0.3 is 0 Å². The minimum absolute atomic E-state index is 0.776. The number of benzene rings is 2. The molecule has 0 spiro atoms. The quantitative estimate of drug-likeness (QED) is 0.720. The fraction of sp³-hybridized carbons (Fsp3) is 0.222. The summed E-state index contributed by atoms with van der Waals surface area (Å²) >= 11 is 0. The first-order chi connectivity index (χ1) is 10.4. The van der Waals surface area contributed by atoms with Gasteiger partial charge in [0.2, 0.25) is 0 Å². The van der Waals surface area contributed by atoms with Crippen LogP contribution in [0.15, 0.2) is 60.7 Å². The van der Waals surface area contributed by atoms with Gasteiger partial charge in [0.1, 0.15) is 0 Å².